The van der Waals surface area contributed by atoms with Crippen LogP contribution in [0.15, 0.2) is 5.38 Å². The first-order valence-corrected chi connectivity index (χ1v) is 7.91. The maximum absolute atomic E-state index is 11.2. The maximum Gasteiger partial charge on any atom is 0.320 e. The van der Waals surface area contributed by atoms with E-state index in [4.69, 9.17) is 5.11 Å². The Labute approximate surface area is 118 Å². The first-order chi connectivity index (χ1) is 9.11. The normalized spacial score (nSPS) is 16.8. The van der Waals surface area contributed by atoms with Gasteiger partial charge in [0.15, 0.2) is 0 Å². The van der Waals surface area contributed by atoms with Crippen molar-refractivity contribution < 1.29 is 9.90 Å². The number of thiazole rings is 1. The van der Waals surface area contributed by atoms with Crippen molar-refractivity contribution in [3.05, 3.63) is 16.1 Å². The van der Waals surface area contributed by atoms with Crippen molar-refractivity contribution in [3.63, 3.8) is 0 Å². The molecule has 1 aliphatic carbocycles. The summed E-state index contributed by atoms with van der Waals surface area (Å²) >= 11 is 1.70. The number of nitrogens with zero attached hydrogens (tertiary/aromatic N) is 2. The van der Waals surface area contributed by atoms with E-state index in [9.17, 15) is 4.79 Å². The first-order valence-electron chi connectivity index (χ1n) is 7.03. The smallest absolute Gasteiger partial charge is 0.320 e. The largest absolute Gasteiger partial charge is 0.480 e. The van der Waals surface area contributed by atoms with E-state index in [1.165, 1.54) is 17.8 Å². The van der Waals surface area contributed by atoms with E-state index in [0.29, 0.717) is 12.6 Å². The average Bonchev–Trinajstić information content (AvgIpc) is 3.13. The molecule has 0 saturated heterocycles. The molecule has 0 aromatic carbocycles. The average molecular weight is 282 g/mol. The van der Waals surface area contributed by atoms with Gasteiger partial charge >= 0.3 is 5.97 Å². The molecule has 1 heterocycles. The number of hydrogen-bond donors (Lipinski definition) is 1. The highest BCUT2D eigenvalue weighted by Crippen LogP contribution is 2.30. The third-order valence-corrected chi connectivity index (χ3v) is 4.52. The second-order valence-electron chi connectivity index (χ2n) is 5.25. The van der Waals surface area contributed by atoms with Gasteiger partial charge in [-0.05, 0) is 32.6 Å². The van der Waals surface area contributed by atoms with Crippen molar-refractivity contribution in [2.45, 2.75) is 64.6 Å². The van der Waals surface area contributed by atoms with Crippen LogP contribution in [0.4, 0.5) is 0 Å². The Morgan fingerprint density at radius 2 is 2.37 bits per heavy atom. The van der Waals surface area contributed by atoms with Gasteiger partial charge in [0, 0.05) is 18.0 Å². The lowest BCUT2D eigenvalue weighted by Crippen LogP contribution is -2.40. The topological polar surface area (TPSA) is 53.4 Å². The summed E-state index contributed by atoms with van der Waals surface area (Å²) in [6.07, 6.45) is 5.62. The number of hydrogen-bond acceptors (Lipinski definition) is 4. The molecule has 0 spiro atoms. The zero-order valence-electron chi connectivity index (χ0n) is 11.6. The summed E-state index contributed by atoms with van der Waals surface area (Å²) in [4.78, 5) is 17.8. The molecule has 106 valence electrons. The Morgan fingerprint density at radius 1 is 1.63 bits per heavy atom. The number of carbonyl (C=O) groups is 1. The van der Waals surface area contributed by atoms with Gasteiger partial charge in [0.1, 0.15) is 6.04 Å². The molecule has 1 atom stereocenters. The minimum atomic E-state index is -0.742. The predicted molar refractivity (Wildman–Crippen MR) is 76.4 cm³/mol. The Morgan fingerprint density at radius 3 is 2.95 bits per heavy atom. The van der Waals surface area contributed by atoms with E-state index in [0.717, 1.165) is 25.0 Å². The number of carboxylic acids is 1. The standard InChI is InChI=1S/C14H22N2O2S/c1-3-4-5-13-15-11(9-19-13)8-16(12-6-7-12)10(2)14(17)18/h9-10,12H,3-8H2,1-2H3,(H,17,18). The molecule has 1 unspecified atom stereocenters. The lowest BCUT2D eigenvalue weighted by molar-refractivity contribution is -0.143. The van der Waals surface area contributed by atoms with Crippen molar-refractivity contribution in [1.82, 2.24) is 9.88 Å². The summed E-state index contributed by atoms with van der Waals surface area (Å²) in [6.45, 7) is 4.61. The van der Waals surface area contributed by atoms with Gasteiger partial charge in [-0.3, -0.25) is 9.69 Å². The van der Waals surface area contributed by atoms with Crippen molar-refractivity contribution in [2.75, 3.05) is 0 Å². The highest BCUT2D eigenvalue weighted by molar-refractivity contribution is 7.09. The Balaban J connectivity index is 1.97. The second-order valence-corrected chi connectivity index (χ2v) is 6.20. The van der Waals surface area contributed by atoms with E-state index < -0.39 is 12.0 Å². The van der Waals surface area contributed by atoms with Crippen LogP contribution in [-0.2, 0) is 17.8 Å². The van der Waals surface area contributed by atoms with Crippen LogP contribution in [0.3, 0.4) is 0 Å². The molecule has 1 saturated carbocycles. The van der Waals surface area contributed by atoms with Crippen LogP contribution in [0.1, 0.15) is 50.2 Å². The van der Waals surface area contributed by atoms with Crippen LogP contribution in [0.5, 0.6) is 0 Å². The summed E-state index contributed by atoms with van der Waals surface area (Å²) in [7, 11) is 0. The Kier molecular flexibility index (Phi) is 4.93. The molecule has 0 bridgehead atoms. The summed E-state index contributed by atoms with van der Waals surface area (Å²) in [5.74, 6) is -0.742. The fraction of sp³-hybridized carbons (Fsp3) is 0.714. The van der Waals surface area contributed by atoms with Gasteiger partial charge in [0.2, 0.25) is 0 Å². The number of aryl methyl sites for hydroxylation is 1. The zero-order chi connectivity index (χ0) is 13.8. The van der Waals surface area contributed by atoms with Gasteiger partial charge in [-0.2, -0.15) is 0 Å². The highest BCUT2D eigenvalue weighted by Gasteiger charge is 2.35. The molecule has 0 radical (unpaired) electrons. The van der Waals surface area contributed by atoms with Crippen LogP contribution >= 0.6 is 11.3 Å². The van der Waals surface area contributed by atoms with Crippen LogP contribution in [0, 0.1) is 0 Å². The molecule has 0 aliphatic heterocycles. The number of rotatable bonds is 8. The number of carboxylic acid groups (broad SMARTS) is 1. The van der Waals surface area contributed by atoms with E-state index in [2.05, 4.69) is 22.2 Å². The molecular weight excluding hydrogens is 260 g/mol. The fourth-order valence-electron chi connectivity index (χ4n) is 2.18. The lowest BCUT2D eigenvalue weighted by Gasteiger charge is -2.25. The fourth-order valence-corrected chi connectivity index (χ4v) is 3.01. The van der Waals surface area contributed by atoms with Crippen molar-refractivity contribution in [1.29, 1.82) is 0 Å². The highest BCUT2D eigenvalue weighted by atomic mass is 32.1. The molecule has 4 nitrogen and oxygen atoms in total. The summed E-state index contributed by atoms with van der Waals surface area (Å²) in [5.41, 5.74) is 1.02. The molecule has 19 heavy (non-hydrogen) atoms. The third kappa shape index (κ3) is 4.01. The van der Waals surface area contributed by atoms with Gasteiger partial charge in [-0.25, -0.2) is 4.98 Å². The molecule has 2 rings (SSSR count). The molecule has 1 aliphatic rings. The van der Waals surface area contributed by atoms with Gasteiger partial charge in [-0.15, -0.1) is 11.3 Å². The molecule has 5 heteroatoms. The molecule has 1 aromatic rings. The van der Waals surface area contributed by atoms with Crippen molar-refractivity contribution in [3.8, 4) is 0 Å². The quantitative estimate of drug-likeness (QED) is 0.796. The van der Waals surface area contributed by atoms with Crippen LogP contribution in [0.2, 0.25) is 0 Å². The predicted octanol–water partition coefficient (Wildman–Crippen LogP) is 2.92. The zero-order valence-corrected chi connectivity index (χ0v) is 12.4. The van der Waals surface area contributed by atoms with E-state index in [-0.39, 0.29) is 0 Å². The van der Waals surface area contributed by atoms with E-state index in [1.54, 1.807) is 18.3 Å². The third-order valence-electron chi connectivity index (χ3n) is 3.56. The molecule has 1 N–H and O–H groups in total. The number of aromatic nitrogens is 1. The summed E-state index contributed by atoms with van der Waals surface area (Å²) in [5, 5.41) is 12.4. The first kappa shape index (κ1) is 14.5. The van der Waals surface area contributed by atoms with Crippen LogP contribution in [0.25, 0.3) is 0 Å². The minimum absolute atomic E-state index is 0.423. The molecule has 1 aromatic heterocycles. The molecular formula is C14H22N2O2S. The summed E-state index contributed by atoms with van der Waals surface area (Å²) in [6, 6.07) is 0.0141. The molecule has 1 fully saturated rings. The minimum Gasteiger partial charge on any atom is -0.480 e. The number of aliphatic carboxylic acids is 1. The Bertz CT molecular complexity index is 429. The van der Waals surface area contributed by atoms with Crippen molar-refractivity contribution in [2.24, 2.45) is 0 Å². The Hall–Kier alpha value is -0.940. The van der Waals surface area contributed by atoms with Crippen LogP contribution in [-0.4, -0.2) is 33.0 Å². The van der Waals surface area contributed by atoms with Gasteiger partial charge in [-0.1, -0.05) is 13.3 Å². The van der Waals surface area contributed by atoms with E-state index in [1.807, 2.05) is 0 Å². The van der Waals surface area contributed by atoms with Gasteiger partial charge in [0.25, 0.3) is 0 Å². The van der Waals surface area contributed by atoms with Crippen LogP contribution < -0.4 is 0 Å². The van der Waals surface area contributed by atoms with Gasteiger partial charge < -0.3 is 5.11 Å². The van der Waals surface area contributed by atoms with E-state index >= 15 is 0 Å². The van der Waals surface area contributed by atoms with Gasteiger partial charge in [0.05, 0.1) is 10.7 Å². The number of unbranched alkanes of at least 4 members (excludes halogenated alkanes) is 1. The monoisotopic (exact) mass is 282 g/mol. The maximum atomic E-state index is 11.2. The second kappa shape index (κ2) is 6.48. The lowest BCUT2D eigenvalue weighted by atomic mass is 10.2. The SMILES string of the molecule is CCCCc1nc(CN(C2CC2)C(C)C(=O)O)cs1. The van der Waals surface area contributed by atoms with Crippen molar-refractivity contribution >= 4 is 17.3 Å². The summed E-state index contributed by atoms with van der Waals surface area (Å²) < 4.78 is 0. The molecule has 0 amide bonds.